The van der Waals surface area contributed by atoms with Crippen LogP contribution < -0.4 is 15.8 Å². The number of fused-ring (bicyclic) bond motifs is 5. The number of ether oxygens (including phenoxy) is 1. The number of anilines is 1. The quantitative estimate of drug-likeness (QED) is 0.330. The van der Waals surface area contributed by atoms with Crippen LogP contribution in [0.3, 0.4) is 0 Å². The number of aryl methyl sites for hydroxylation is 1. The van der Waals surface area contributed by atoms with Crippen molar-refractivity contribution in [2.24, 2.45) is 0 Å². The number of nitrogens with two attached hydrogens (primary N) is 1. The average Bonchev–Trinajstić information content (AvgIpc) is 3.25. The molecule has 2 aliphatic rings. The molecule has 2 aromatic carbocycles. The van der Waals surface area contributed by atoms with Crippen molar-refractivity contribution in [2.75, 3.05) is 5.73 Å². The number of aromatic nitrogens is 1. The normalized spacial score (nSPS) is 23.9. The molecule has 3 aromatic rings. The summed E-state index contributed by atoms with van der Waals surface area (Å²) in [6.07, 6.45) is 1.63. The van der Waals surface area contributed by atoms with Gasteiger partial charge in [-0.2, -0.15) is 0 Å². The van der Waals surface area contributed by atoms with E-state index in [-0.39, 0.29) is 28.3 Å². The molecule has 1 aliphatic heterocycles. The number of rotatable bonds is 2. The van der Waals surface area contributed by atoms with Gasteiger partial charge in [0.2, 0.25) is 11.3 Å². The zero-order valence-electron chi connectivity index (χ0n) is 15.3. The molecule has 7 nitrogen and oxygen atoms in total. The molecule has 0 saturated heterocycles. The Bertz CT molecular complexity index is 1220. The minimum Gasteiger partial charge on any atom is -0.454 e. The third kappa shape index (κ3) is 2.07. The van der Waals surface area contributed by atoms with Gasteiger partial charge in [-0.15, -0.1) is 12.6 Å². The molecule has 0 spiro atoms. The summed E-state index contributed by atoms with van der Waals surface area (Å²) in [5.74, 6) is -2.95. The summed E-state index contributed by atoms with van der Waals surface area (Å²) < 4.78 is 5.91. The fourth-order valence-corrected chi connectivity index (χ4v) is 4.48. The summed E-state index contributed by atoms with van der Waals surface area (Å²) in [5, 5.41) is 14.5. The molecule has 1 amide bonds. The first-order valence-electron chi connectivity index (χ1n) is 8.95. The number of benzene rings is 2. The van der Waals surface area contributed by atoms with Crippen molar-refractivity contribution in [2.45, 2.75) is 23.1 Å². The van der Waals surface area contributed by atoms with Crippen molar-refractivity contribution in [3.63, 3.8) is 0 Å². The van der Waals surface area contributed by atoms with Gasteiger partial charge in [0.05, 0.1) is 5.56 Å². The Hall–Kier alpha value is -3.23. The second-order valence-electron chi connectivity index (χ2n) is 7.27. The molecule has 2 heterocycles. The van der Waals surface area contributed by atoms with Gasteiger partial charge < -0.3 is 25.9 Å². The number of thiol groups is 1. The van der Waals surface area contributed by atoms with Crippen LogP contribution in [0.5, 0.6) is 5.75 Å². The van der Waals surface area contributed by atoms with E-state index in [1.807, 2.05) is 0 Å². The molecule has 0 radical (unpaired) electrons. The maximum atomic E-state index is 13.7. The molecule has 1 aliphatic carbocycles. The third-order valence-corrected chi connectivity index (χ3v) is 5.93. The van der Waals surface area contributed by atoms with E-state index in [2.05, 4.69) is 22.9 Å². The lowest BCUT2D eigenvalue weighted by atomic mass is 9.82. The van der Waals surface area contributed by atoms with Crippen LogP contribution in [0.25, 0.3) is 0 Å². The molecule has 8 heteroatoms. The van der Waals surface area contributed by atoms with E-state index in [0.717, 1.165) is 0 Å². The minimum atomic E-state index is -2.14. The lowest BCUT2D eigenvalue weighted by Crippen LogP contribution is -2.60. The Morgan fingerprint density at radius 2 is 2.03 bits per heavy atom. The highest BCUT2D eigenvalue weighted by Crippen LogP contribution is 2.59. The van der Waals surface area contributed by atoms with E-state index in [1.54, 1.807) is 55.6 Å². The molecule has 2 unspecified atom stereocenters. The topological polar surface area (TPSA) is 117 Å². The van der Waals surface area contributed by atoms with Crippen LogP contribution in [0.2, 0.25) is 0 Å². The first-order chi connectivity index (χ1) is 13.8. The van der Waals surface area contributed by atoms with Gasteiger partial charge in [0.25, 0.3) is 11.7 Å². The summed E-state index contributed by atoms with van der Waals surface area (Å²) in [6, 6.07) is 11.4. The van der Waals surface area contributed by atoms with E-state index in [4.69, 9.17) is 10.5 Å². The Labute approximate surface area is 171 Å². The van der Waals surface area contributed by atoms with Gasteiger partial charge in [-0.05, 0) is 36.8 Å². The van der Waals surface area contributed by atoms with E-state index >= 15 is 0 Å². The number of nitrogen functional groups attached to an aromatic ring is 1. The number of H-pyrrole nitrogens is 1. The van der Waals surface area contributed by atoms with Crippen molar-refractivity contribution in [1.82, 2.24) is 10.3 Å². The number of carbonyl (C=O) groups excluding carboxylic acids is 2. The number of Topliss-reactive ketones (excluding diaryl/α,β-unsaturated/α-hetero) is 1. The highest BCUT2D eigenvalue weighted by Gasteiger charge is 2.72. The molecule has 0 fully saturated rings. The average molecular weight is 407 g/mol. The van der Waals surface area contributed by atoms with Gasteiger partial charge in [0.1, 0.15) is 11.4 Å². The summed E-state index contributed by atoms with van der Waals surface area (Å²) in [7, 11) is 0. The summed E-state index contributed by atoms with van der Waals surface area (Å²) >= 11 is 4.31. The number of carbonyl (C=O) groups is 2. The van der Waals surface area contributed by atoms with Crippen LogP contribution in [0, 0.1) is 6.92 Å². The van der Waals surface area contributed by atoms with Crippen LogP contribution in [-0.4, -0.2) is 21.8 Å². The highest BCUT2D eigenvalue weighted by atomic mass is 32.1. The molecule has 5 N–H and O–H groups in total. The smallest absolute Gasteiger partial charge is 0.271 e. The fraction of sp³-hybridized carbons (Fsp3) is 0.143. The summed E-state index contributed by atoms with van der Waals surface area (Å²) in [4.78, 5) is 30.3. The molecular weight excluding hydrogens is 390 g/mol. The van der Waals surface area contributed by atoms with E-state index in [0.29, 0.717) is 16.0 Å². The number of amides is 1. The number of ketones is 1. The Morgan fingerprint density at radius 3 is 2.76 bits per heavy atom. The maximum absolute atomic E-state index is 13.7. The molecule has 29 heavy (non-hydrogen) atoms. The lowest BCUT2D eigenvalue weighted by Gasteiger charge is -2.34. The van der Waals surface area contributed by atoms with Crippen LogP contribution in [-0.2, 0) is 11.3 Å². The largest absolute Gasteiger partial charge is 0.454 e. The second-order valence-corrected chi connectivity index (χ2v) is 7.78. The Kier molecular flexibility index (Phi) is 3.48. The van der Waals surface area contributed by atoms with Gasteiger partial charge in [0, 0.05) is 27.9 Å². The van der Waals surface area contributed by atoms with Gasteiger partial charge >= 0.3 is 0 Å². The first-order valence-corrected chi connectivity index (χ1v) is 9.39. The van der Waals surface area contributed by atoms with Crippen LogP contribution in [0.4, 0.5) is 5.69 Å². The molecule has 0 bridgehead atoms. The maximum Gasteiger partial charge on any atom is 0.271 e. The SMILES string of the molecule is Cc1cc[nH]c1C(=O)NC12C(=O)c3c(N)cccc3C1(O)Oc1cc(S)ccc12. The summed E-state index contributed by atoms with van der Waals surface area (Å²) in [5.41, 5.74) is 6.07. The first kappa shape index (κ1) is 17.8. The van der Waals surface area contributed by atoms with Crippen LogP contribution in [0.1, 0.15) is 37.5 Å². The number of nitrogens with one attached hydrogen (secondary N) is 2. The standard InChI is InChI=1S/C21H17N3O4S/c1-10-7-8-23-17(10)19(26)24-20-12-6-5-11(29)9-15(12)28-21(20,27)13-3-2-4-14(22)16(13)18(20)25/h2-9,23,27,29H,22H2,1H3,(H,24,26). The second kappa shape index (κ2) is 5.65. The highest BCUT2D eigenvalue weighted by molar-refractivity contribution is 7.80. The predicted octanol–water partition coefficient (Wildman–Crippen LogP) is 2.25. The Balaban J connectivity index is 1.77. The van der Waals surface area contributed by atoms with Gasteiger partial charge in [-0.25, -0.2) is 0 Å². The number of aliphatic hydroxyl groups is 1. The molecule has 2 atom stereocenters. The van der Waals surface area contributed by atoms with Crippen LogP contribution >= 0.6 is 12.6 Å². The Morgan fingerprint density at radius 1 is 1.24 bits per heavy atom. The van der Waals surface area contributed by atoms with Crippen molar-refractivity contribution < 1.29 is 19.4 Å². The monoisotopic (exact) mass is 407 g/mol. The number of hydrogen-bond donors (Lipinski definition) is 5. The van der Waals surface area contributed by atoms with Gasteiger partial charge in [0.15, 0.2) is 0 Å². The van der Waals surface area contributed by atoms with Crippen molar-refractivity contribution in [3.8, 4) is 5.75 Å². The van der Waals surface area contributed by atoms with Crippen molar-refractivity contribution in [1.29, 1.82) is 0 Å². The summed E-state index contributed by atoms with van der Waals surface area (Å²) in [6.45, 7) is 1.77. The lowest BCUT2D eigenvalue weighted by molar-refractivity contribution is -0.169. The zero-order chi connectivity index (χ0) is 20.6. The van der Waals surface area contributed by atoms with Crippen molar-refractivity contribution in [3.05, 3.63) is 76.6 Å². The molecule has 146 valence electrons. The van der Waals surface area contributed by atoms with Crippen molar-refractivity contribution >= 4 is 30.0 Å². The van der Waals surface area contributed by atoms with E-state index in [1.165, 1.54) is 0 Å². The van der Waals surface area contributed by atoms with Gasteiger partial charge in [-0.1, -0.05) is 18.2 Å². The number of hydrogen-bond acceptors (Lipinski definition) is 6. The number of aromatic amines is 1. The van der Waals surface area contributed by atoms with Gasteiger partial charge in [-0.3, -0.25) is 9.59 Å². The zero-order valence-corrected chi connectivity index (χ0v) is 16.2. The van der Waals surface area contributed by atoms with E-state index < -0.39 is 23.0 Å². The predicted molar refractivity (Wildman–Crippen MR) is 108 cm³/mol. The molecule has 5 rings (SSSR count). The molecule has 0 saturated carbocycles. The third-order valence-electron chi connectivity index (χ3n) is 5.65. The molecule has 1 aromatic heterocycles. The minimum absolute atomic E-state index is 0.138. The molecular formula is C21H17N3O4S. The van der Waals surface area contributed by atoms with E-state index in [9.17, 15) is 14.7 Å². The fourth-order valence-electron chi connectivity index (χ4n) is 4.28. The van der Waals surface area contributed by atoms with Crippen LogP contribution in [0.15, 0.2) is 53.6 Å².